The highest BCUT2D eigenvalue weighted by Crippen LogP contribution is 2.27. The number of aromatic nitrogens is 2. The zero-order valence-corrected chi connectivity index (χ0v) is 19.7. The van der Waals surface area contributed by atoms with E-state index in [-0.39, 0.29) is 22.4 Å². The first-order chi connectivity index (χ1) is 15.3. The maximum absolute atomic E-state index is 12.5. The van der Waals surface area contributed by atoms with Gasteiger partial charge in [-0.2, -0.15) is 0 Å². The van der Waals surface area contributed by atoms with Crippen molar-refractivity contribution >= 4 is 59.1 Å². The number of rotatable bonds is 8. The molecular formula is C21H20N4O4S3. The number of nitrogens with one attached hydrogen (secondary N) is 2. The molecule has 0 aliphatic heterocycles. The summed E-state index contributed by atoms with van der Waals surface area (Å²) in [4.78, 5) is 21.1. The molecule has 0 bridgehead atoms. The van der Waals surface area contributed by atoms with E-state index in [0.717, 1.165) is 15.8 Å². The third-order valence-electron chi connectivity index (χ3n) is 4.54. The number of ether oxygens (including phenoxy) is 1. The van der Waals surface area contributed by atoms with Gasteiger partial charge in [0.25, 0.3) is 10.0 Å². The van der Waals surface area contributed by atoms with Crippen LogP contribution >= 0.6 is 22.7 Å². The highest BCUT2D eigenvalue weighted by Gasteiger charge is 2.17. The van der Waals surface area contributed by atoms with Crippen LogP contribution in [-0.4, -0.2) is 31.4 Å². The minimum absolute atomic E-state index is 0.112. The van der Waals surface area contributed by atoms with Crippen LogP contribution in [0.5, 0.6) is 5.75 Å². The van der Waals surface area contributed by atoms with E-state index in [9.17, 15) is 13.2 Å². The lowest BCUT2D eigenvalue weighted by molar-refractivity contribution is -0.116. The zero-order valence-electron chi connectivity index (χ0n) is 17.3. The van der Waals surface area contributed by atoms with Crippen molar-refractivity contribution in [1.29, 1.82) is 0 Å². The van der Waals surface area contributed by atoms with E-state index in [1.165, 1.54) is 41.9 Å². The molecule has 4 rings (SSSR count). The minimum Gasteiger partial charge on any atom is -0.497 e. The fraction of sp³-hybridized carbons (Fsp3) is 0.190. The number of hydrogen-bond donors (Lipinski definition) is 2. The molecule has 8 nitrogen and oxygen atoms in total. The number of anilines is 2. The van der Waals surface area contributed by atoms with Gasteiger partial charge < -0.3 is 10.1 Å². The van der Waals surface area contributed by atoms with Gasteiger partial charge in [-0.25, -0.2) is 18.4 Å². The Morgan fingerprint density at radius 2 is 1.88 bits per heavy atom. The zero-order chi connectivity index (χ0) is 22.7. The predicted molar refractivity (Wildman–Crippen MR) is 127 cm³/mol. The Labute approximate surface area is 193 Å². The van der Waals surface area contributed by atoms with E-state index in [1.54, 1.807) is 17.5 Å². The molecule has 2 N–H and O–H groups in total. The number of sulfonamides is 1. The van der Waals surface area contributed by atoms with Crippen LogP contribution in [-0.2, 0) is 21.2 Å². The number of hydrogen-bond acceptors (Lipinski definition) is 8. The number of aryl methyl sites for hydroxylation is 2. The molecule has 0 radical (unpaired) electrons. The largest absolute Gasteiger partial charge is 0.497 e. The molecule has 0 unspecified atom stereocenters. The molecule has 32 heavy (non-hydrogen) atoms. The molecule has 2 aromatic carbocycles. The van der Waals surface area contributed by atoms with Gasteiger partial charge in [0.1, 0.15) is 5.75 Å². The van der Waals surface area contributed by atoms with E-state index >= 15 is 0 Å². The second-order valence-electron chi connectivity index (χ2n) is 6.96. The Hall–Kier alpha value is -3.02. The summed E-state index contributed by atoms with van der Waals surface area (Å²) in [5.74, 6) is 0.397. The van der Waals surface area contributed by atoms with Gasteiger partial charge in [0, 0.05) is 11.8 Å². The average Bonchev–Trinajstić information content (AvgIpc) is 3.37. The Kier molecular flexibility index (Phi) is 6.40. The molecule has 0 spiro atoms. The highest BCUT2D eigenvalue weighted by atomic mass is 32.2. The van der Waals surface area contributed by atoms with Gasteiger partial charge in [0.15, 0.2) is 10.3 Å². The Bertz CT molecular complexity index is 1360. The van der Waals surface area contributed by atoms with Crippen molar-refractivity contribution in [2.45, 2.75) is 24.7 Å². The number of methoxy groups -OCH3 is 1. The van der Waals surface area contributed by atoms with Crippen molar-refractivity contribution in [1.82, 2.24) is 9.97 Å². The number of thiazole rings is 2. The molecule has 2 aromatic heterocycles. The normalized spacial score (nSPS) is 11.4. The van der Waals surface area contributed by atoms with Gasteiger partial charge in [0.2, 0.25) is 5.91 Å². The van der Waals surface area contributed by atoms with Gasteiger partial charge in [0.05, 0.1) is 27.9 Å². The van der Waals surface area contributed by atoms with Crippen LogP contribution in [0.2, 0.25) is 0 Å². The summed E-state index contributed by atoms with van der Waals surface area (Å²) in [6.45, 7) is 2.01. The molecule has 0 aliphatic rings. The second kappa shape index (κ2) is 9.23. The van der Waals surface area contributed by atoms with Gasteiger partial charge in [-0.15, -0.1) is 11.3 Å². The lowest BCUT2D eigenvalue weighted by Crippen LogP contribution is -2.13. The molecule has 0 saturated heterocycles. The Balaban J connectivity index is 1.33. The average molecular weight is 489 g/mol. The summed E-state index contributed by atoms with van der Waals surface area (Å²) < 4.78 is 33.6. The number of nitrogens with zero attached hydrogens (tertiary/aromatic N) is 2. The van der Waals surface area contributed by atoms with E-state index in [2.05, 4.69) is 20.0 Å². The summed E-state index contributed by atoms with van der Waals surface area (Å²) >= 11 is 2.60. The van der Waals surface area contributed by atoms with E-state index < -0.39 is 10.0 Å². The molecule has 2 heterocycles. The lowest BCUT2D eigenvalue weighted by Gasteiger charge is -2.06. The maximum Gasteiger partial charge on any atom is 0.263 e. The lowest BCUT2D eigenvalue weighted by atomic mass is 10.2. The predicted octanol–water partition coefficient (Wildman–Crippen LogP) is 4.44. The summed E-state index contributed by atoms with van der Waals surface area (Å²) in [5, 5.41) is 5.36. The molecule has 0 saturated carbocycles. The Morgan fingerprint density at radius 3 is 2.62 bits per heavy atom. The molecule has 0 aliphatic carbocycles. The quantitative estimate of drug-likeness (QED) is 0.379. The van der Waals surface area contributed by atoms with Crippen molar-refractivity contribution in [3.8, 4) is 5.75 Å². The molecule has 166 valence electrons. The molecule has 0 atom stereocenters. The number of fused-ring (bicyclic) bond motifs is 1. The summed E-state index contributed by atoms with van der Waals surface area (Å²) in [6.07, 6.45) is 0.597. The topological polar surface area (TPSA) is 110 Å². The third kappa shape index (κ3) is 5.23. The number of amides is 1. The van der Waals surface area contributed by atoms with Crippen LogP contribution in [0, 0.1) is 6.92 Å². The highest BCUT2D eigenvalue weighted by molar-refractivity contribution is 7.93. The van der Waals surface area contributed by atoms with Crippen LogP contribution in [0.1, 0.15) is 17.7 Å². The fourth-order valence-corrected chi connectivity index (χ4v) is 5.88. The summed E-state index contributed by atoms with van der Waals surface area (Å²) in [5.41, 5.74) is 2.63. The molecule has 11 heteroatoms. The van der Waals surface area contributed by atoms with Crippen LogP contribution in [0.3, 0.4) is 0 Å². The van der Waals surface area contributed by atoms with E-state index in [4.69, 9.17) is 4.74 Å². The Morgan fingerprint density at radius 1 is 1.09 bits per heavy atom. The van der Waals surface area contributed by atoms with E-state index in [1.807, 2.05) is 25.1 Å². The third-order valence-corrected chi connectivity index (χ3v) is 7.77. The number of benzene rings is 2. The van der Waals surface area contributed by atoms with Crippen molar-refractivity contribution in [3.63, 3.8) is 0 Å². The number of carbonyl (C=O) groups is 1. The first-order valence-corrected chi connectivity index (χ1v) is 12.8. The summed E-state index contributed by atoms with van der Waals surface area (Å²) in [7, 11) is -2.24. The van der Waals surface area contributed by atoms with Crippen LogP contribution in [0.25, 0.3) is 10.2 Å². The second-order valence-corrected chi connectivity index (χ2v) is 10.5. The first-order valence-electron chi connectivity index (χ1n) is 9.61. The number of carbonyl (C=O) groups excluding carboxylic acids is 1. The molecule has 0 fully saturated rings. The SMILES string of the molecule is COc1ccc(S(=O)(=O)Nc2nc(CCC(=O)Nc3nc4ccc(C)cc4s3)cs2)cc1. The van der Waals surface area contributed by atoms with Crippen LogP contribution < -0.4 is 14.8 Å². The summed E-state index contributed by atoms with van der Waals surface area (Å²) in [6, 6.07) is 12.0. The monoisotopic (exact) mass is 488 g/mol. The standard InChI is InChI=1S/C21H20N4O4S3/c1-13-3-9-17-18(11-13)31-20(23-17)24-19(26)10-4-14-12-30-21(22-14)25-32(27,28)16-7-5-15(29-2)6-8-16/h3,5-9,11-12H,4,10H2,1-2H3,(H,22,25)(H,23,24,26). The van der Waals surface area contributed by atoms with Gasteiger partial charge in [-0.3, -0.25) is 9.52 Å². The molecule has 4 aromatic rings. The smallest absolute Gasteiger partial charge is 0.263 e. The fourth-order valence-electron chi connectivity index (χ4n) is 2.91. The van der Waals surface area contributed by atoms with Crippen LogP contribution in [0.15, 0.2) is 52.7 Å². The van der Waals surface area contributed by atoms with Crippen LogP contribution in [0.4, 0.5) is 10.3 Å². The molecule has 1 amide bonds. The van der Waals surface area contributed by atoms with Crippen molar-refractivity contribution in [2.24, 2.45) is 0 Å². The maximum atomic E-state index is 12.5. The first kappa shape index (κ1) is 22.2. The molecular weight excluding hydrogens is 468 g/mol. The van der Waals surface area contributed by atoms with Gasteiger partial charge in [-0.05, 0) is 55.3 Å². The van der Waals surface area contributed by atoms with E-state index in [0.29, 0.717) is 23.0 Å². The minimum atomic E-state index is -3.76. The van der Waals surface area contributed by atoms with Gasteiger partial charge in [-0.1, -0.05) is 17.4 Å². The van der Waals surface area contributed by atoms with Crippen molar-refractivity contribution < 1.29 is 17.9 Å². The van der Waals surface area contributed by atoms with Gasteiger partial charge >= 0.3 is 0 Å². The van der Waals surface area contributed by atoms with Crippen molar-refractivity contribution in [2.75, 3.05) is 17.1 Å². The van der Waals surface area contributed by atoms with Crippen molar-refractivity contribution in [3.05, 3.63) is 59.1 Å².